The molecule has 0 saturated carbocycles. The van der Waals surface area contributed by atoms with Crippen molar-refractivity contribution in [2.75, 3.05) is 39.6 Å². The van der Waals surface area contributed by atoms with Crippen molar-refractivity contribution in [2.45, 2.75) is 195 Å². The standard InChI is InChI=1S/C40H78O7/c1-7-13-15-25-35-45-39(29-23-19-17-21-27-37(41-31-9-3)42-32-10-4)47-40(46-36-26-16-14-8-2)30-24-20-18-22-28-38(43-33-11-5)44-34-12-6/h23-24,29-30,37-40H,7-22,25-28,31-36H2,1-6H3. The molecule has 0 aliphatic heterocycles. The van der Waals surface area contributed by atoms with E-state index in [0.29, 0.717) is 13.2 Å². The highest BCUT2D eigenvalue weighted by atomic mass is 16.8. The van der Waals surface area contributed by atoms with E-state index in [4.69, 9.17) is 33.2 Å². The van der Waals surface area contributed by atoms with Gasteiger partial charge in [0.05, 0.1) is 13.2 Å². The van der Waals surface area contributed by atoms with Gasteiger partial charge >= 0.3 is 0 Å². The Balaban J connectivity index is 5.08. The summed E-state index contributed by atoms with van der Waals surface area (Å²) in [5, 5.41) is 0. The van der Waals surface area contributed by atoms with E-state index in [2.05, 4.69) is 65.8 Å². The third kappa shape index (κ3) is 32.2. The van der Waals surface area contributed by atoms with Crippen molar-refractivity contribution in [3.05, 3.63) is 24.3 Å². The Kier molecular flexibility index (Phi) is 37.4. The van der Waals surface area contributed by atoms with Crippen LogP contribution in [0, 0.1) is 0 Å². The number of hydrogen-bond donors (Lipinski definition) is 0. The van der Waals surface area contributed by atoms with Gasteiger partial charge in [-0.1, -0.05) is 92.2 Å². The fraction of sp³-hybridized carbons (Fsp3) is 0.900. The Morgan fingerprint density at radius 3 is 1.09 bits per heavy atom. The predicted octanol–water partition coefficient (Wildman–Crippen LogP) is 11.4. The van der Waals surface area contributed by atoms with Crippen molar-refractivity contribution in [3.8, 4) is 0 Å². The molecule has 7 nitrogen and oxygen atoms in total. The zero-order valence-electron chi connectivity index (χ0n) is 31.9. The van der Waals surface area contributed by atoms with Gasteiger partial charge in [0.25, 0.3) is 0 Å². The number of rotatable bonds is 38. The summed E-state index contributed by atoms with van der Waals surface area (Å²) in [7, 11) is 0. The Labute approximate surface area is 291 Å². The maximum Gasteiger partial charge on any atom is 0.180 e. The molecule has 0 heterocycles. The Morgan fingerprint density at radius 1 is 0.362 bits per heavy atom. The van der Waals surface area contributed by atoms with Crippen LogP contribution in [0.15, 0.2) is 24.3 Å². The number of allylic oxidation sites excluding steroid dienone is 2. The van der Waals surface area contributed by atoms with Crippen LogP contribution in [0.3, 0.4) is 0 Å². The van der Waals surface area contributed by atoms with Crippen LogP contribution in [-0.4, -0.2) is 64.8 Å². The van der Waals surface area contributed by atoms with E-state index in [1.807, 2.05) is 0 Å². The zero-order chi connectivity index (χ0) is 34.5. The lowest BCUT2D eigenvalue weighted by molar-refractivity contribution is -0.208. The minimum atomic E-state index is -0.428. The zero-order valence-corrected chi connectivity index (χ0v) is 31.9. The molecule has 0 aliphatic carbocycles. The first-order valence-corrected chi connectivity index (χ1v) is 19.8. The topological polar surface area (TPSA) is 64.6 Å². The third-order valence-electron chi connectivity index (χ3n) is 7.57. The number of hydrogen-bond acceptors (Lipinski definition) is 7. The summed E-state index contributed by atoms with van der Waals surface area (Å²) >= 11 is 0. The van der Waals surface area contributed by atoms with Crippen molar-refractivity contribution >= 4 is 0 Å². The van der Waals surface area contributed by atoms with E-state index in [1.54, 1.807) is 0 Å². The number of unbranched alkanes of at least 4 members (excludes halogenated alkanes) is 10. The summed E-state index contributed by atoms with van der Waals surface area (Å²) in [6, 6.07) is 0. The highest BCUT2D eigenvalue weighted by Gasteiger charge is 2.14. The summed E-state index contributed by atoms with van der Waals surface area (Å²) in [6.45, 7) is 17.4. The summed E-state index contributed by atoms with van der Waals surface area (Å²) in [5.41, 5.74) is 0. The van der Waals surface area contributed by atoms with Crippen LogP contribution in [0.1, 0.15) is 170 Å². The van der Waals surface area contributed by atoms with Gasteiger partial charge in [0.1, 0.15) is 0 Å². The molecule has 0 aromatic heterocycles. The van der Waals surface area contributed by atoms with Gasteiger partial charge in [-0.3, -0.25) is 0 Å². The molecule has 0 N–H and O–H groups in total. The van der Waals surface area contributed by atoms with Gasteiger partial charge in [0.15, 0.2) is 25.2 Å². The van der Waals surface area contributed by atoms with E-state index in [9.17, 15) is 0 Å². The quantitative estimate of drug-likeness (QED) is 0.0368. The molecular weight excluding hydrogens is 592 g/mol. The molecule has 0 rings (SSSR count). The normalized spacial score (nSPS) is 13.6. The molecule has 0 radical (unpaired) electrons. The van der Waals surface area contributed by atoms with E-state index in [0.717, 1.165) is 116 Å². The molecule has 7 heteroatoms. The maximum atomic E-state index is 6.43. The Bertz CT molecular complexity index is 586. The van der Waals surface area contributed by atoms with Gasteiger partial charge < -0.3 is 33.2 Å². The maximum absolute atomic E-state index is 6.43. The van der Waals surface area contributed by atoms with Gasteiger partial charge in [-0.25, -0.2) is 0 Å². The second-order valence-electron chi connectivity index (χ2n) is 12.5. The fourth-order valence-electron chi connectivity index (χ4n) is 4.86. The Hall–Kier alpha value is -0.800. The Morgan fingerprint density at radius 2 is 0.745 bits per heavy atom. The molecule has 0 bridgehead atoms. The van der Waals surface area contributed by atoms with E-state index in [1.165, 1.54) is 38.5 Å². The van der Waals surface area contributed by atoms with Gasteiger partial charge in [-0.05, 0) is 102 Å². The first-order chi connectivity index (χ1) is 23.1. The average Bonchev–Trinajstić information content (AvgIpc) is 3.08. The molecule has 0 saturated heterocycles. The minimum absolute atomic E-state index is 0.0892. The van der Waals surface area contributed by atoms with E-state index < -0.39 is 12.6 Å². The predicted molar refractivity (Wildman–Crippen MR) is 197 cm³/mol. The van der Waals surface area contributed by atoms with Crippen LogP contribution in [0.2, 0.25) is 0 Å². The van der Waals surface area contributed by atoms with Crippen molar-refractivity contribution in [1.29, 1.82) is 0 Å². The first-order valence-electron chi connectivity index (χ1n) is 19.8. The van der Waals surface area contributed by atoms with Crippen molar-refractivity contribution < 1.29 is 33.2 Å². The summed E-state index contributed by atoms with van der Waals surface area (Å²) in [5.74, 6) is 0. The van der Waals surface area contributed by atoms with Crippen molar-refractivity contribution in [3.63, 3.8) is 0 Å². The van der Waals surface area contributed by atoms with E-state index in [-0.39, 0.29) is 12.6 Å². The second kappa shape index (κ2) is 38.0. The lowest BCUT2D eigenvalue weighted by Crippen LogP contribution is -2.25. The average molecular weight is 671 g/mol. The molecule has 0 spiro atoms. The molecule has 47 heavy (non-hydrogen) atoms. The minimum Gasteiger partial charge on any atom is -0.353 e. The van der Waals surface area contributed by atoms with Crippen LogP contribution in [0.4, 0.5) is 0 Å². The molecule has 0 aromatic carbocycles. The highest BCUT2D eigenvalue weighted by molar-refractivity contribution is 4.90. The molecule has 0 aromatic rings. The SMILES string of the molecule is CCCCCCOC(C=CCCCCC(OCCC)OCCC)OC(C=CCCCCC(OCCC)OCCC)OCCCCCC. The van der Waals surface area contributed by atoms with Gasteiger partial charge in [-0.15, -0.1) is 0 Å². The molecule has 2 unspecified atom stereocenters. The largest absolute Gasteiger partial charge is 0.353 e. The molecule has 0 aliphatic rings. The molecule has 2 atom stereocenters. The lowest BCUT2D eigenvalue weighted by Gasteiger charge is -2.22. The van der Waals surface area contributed by atoms with Crippen molar-refractivity contribution in [2.24, 2.45) is 0 Å². The molecule has 0 fully saturated rings. The van der Waals surface area contributed by atoms with Crippen LogP contribution < -0.4 is 0 Å². The smallest absolute Gasteiger partial charge is 0.180 e. The van der Waals surface area contributed by atoms with Crippen LogP contribution >= 0.6 is 0 Å². The van der Waals surface area contributed by atoms with Crippen molar-refractivity contribution in [1.82, 2.24) is 0 Å². The molecule has 0 amide bonds. The summed E-state index contributed by atoms with van der Waals surface area (Å²) in [6.07, 6.45) is 29.0. The molecule has 280 valence electrons. The number of ether oxygens (including phenoxy) is 7. The second-order valence-corrected chi connectivity index (χ2v) is 12.5. The van der Waals surface area contributed by atoms with Gasteiger partial charge in [0.2, 0.25) is 0 Å². The summed E-state index contributed by atoms with van der Waals surface area (Å²) in [4.78, 5) is 0. The fourth-order valence-corrected chi connectivity index (χ4v) is 4.86. The monoisotopic (exact) mass is 671 g/mol. The molecular formula is C40H78O7. The third-order valence-corrected chi connectivity index (χ3v) is 7.57. The van der Waals surface area contributed by atoms with Crippen LogP contribution in [-0.2, 0) is 33.2 Å². The highest BCUT2D eigenvalue weighted by Crippen LogP contribution is 2.15. The van der Waals surface area contributed by atoms with Gasteiger partial charge in [-0.2, -0.15) is 0 Å². The van der Waals surface area contributed by atoms with Crippen LogP contribution in [0.5, 0.6) is 0 Å². The van der Waals surface area contributed by atoms with E-state index >= 15 is 0 Å². The lowest BCUT2D eigenvalue weighted by atomic mass is 10.2. The first kappa shape index (κ1) is 46.2. The summed E-state index contributed by atoms with van der Waals surface area (Å²) < 4.78 is 42.5. The van der Waals surface area contributed by atoms with Gasteiger partial charge in [0, 0.05) is 26.4 Å². The van der Waals surface area contributed by atoms with Crippen LogP contribution in [0.25, 0.3) is 0 Å².